The van der Waals surface area contributed by atoms with E-state index in [1.807, 2.05) is 6.07 Å². The van der Waals surface area contributed by atoms with Gasteiger partial charge in [0.2, 0.25) is 0 Å². The molecule has 1 fully saturated rings. The molecule has 1 aromatic heterocycles. The van der Waals surface area contributed by atoms with Crippen molar-refractivity contribution in [3.05, 3.63) is 23.5 Å². The fourth-order valence-corrected chi connectivity index (χ4v) is 2.05. The van der Waals surface area contributed by atoms with E-state index in [1.165, 1.54) is 0 Å². The van der Waals surface area contributed by atoms with E-state index < -0.39 is 0 Å². The van der Waals surface area contributed by atoms with Crippen molar-refractivity contribution in [2.24, 2.45) is 5.73 Å². The fourth-order valence-electron chi connectivity index (χ4n) is 1.80. The first-order valence-corrected chi connectivity index (χ1v) is 5.14. The Morgan fingerprint density at radius 2 is 2.29 bits per heavy atom. The summed E-state index contributed by atoms with van der Waals surface area (Å²) in [4.78, 5) is 6.15. The highest BCUT2D eigenvalue weighted by Gasteiger charge is 2.30. The van der Waals surface area contributed by atoms with Crippen molar-refractivity contribution in [3.63, 3.8) is 0 Å². The van der Waals surface area contributed by atoms with E-state index in [0.717, 1.165) is 18.5 Å². The van der Waals surface area contributed by atoms with Gasteiger partial charge in [-0.25, -0.2) is 0 Å². The summed E-state index contributed by atoms with van der Waals surface area (Å²) in [7, 11) is 2.05. The van der Waals surface area contributed by atoms with Gasteiger partial charge >= 0.3 is 0 Å². The number of halogens is 1. The summed E-state index contributed by atoms with van der Waals surface area (Å²) in [5, 5.41) is 0.704. The van der Waals surface area contributed by atoms with Crippen molar-refractivity contribution in [2.75, 3.05) is 11.9 Å². The summed E-state index contributed by atoms with van der Waals surface area (Å²) in [6.07, 6.45) is 5.53. The summed E-state index contributed by atoms with van der Waals surface area (Å²) in [5.74, 6) is 0. The second-order valence-electron chi connectivity index (χ2n) is 3.82. The molecular formula is C10H14ClN3. The quantitative estimate of drug-likeness (QED) is 0.809. The molecule has 1 heterocycles. The third-order valence-corrected chi connectivity index (χ3v) is 3.12. The molecule has 0 saturated heterocycles. The molecule has 0 aliphatic heterocycles. The molecule has 1 saturated carbocycles. The molecule has 1 aliphatic rings. The first-order chi connectivity index (χ1) is 6.68. The summed E-state index contributed by atoms with van der Waals surface area (Å²) in [6, 6.07) is 2.83. The predicted molar refractivity (Wildman–Crippen MR) is 58.6 cm³/mol. The number of aromatic nitrogens is 1. The van der Waals surface area contributed by atoms with Crippen LogP contribution >= 0.6 is 11.6 Å². The van der Waals surface area contributed by atoms with E-state index in [1.54, 1.807) is 12.4 Å². The highest BCUT2D eigenvalue weighted by molar-refractivity contribution is 6.33. The van der Waals surface area contributed by atoms with Gasteiger partial charge in [0, 0.05) is 31.5 Å². The number of pyridine rings is 1. The van der Waals surface area contributed by atoms with E-state index in [-0.39, 0.29) is 0 Å². The highest BCUT2D eigenvalue weighted by Crippen LogP contribution is 2.31. The van der Waals surface area contributed by atoms with Crippen LogP contribution in [0.15, 0.2) is 18.5 Å². The minimum absolute atomic E-state index is 0.364. The van der Waals surface area contributed by atoms with Gasteiger partial charge in [0.15, 0.2) is 0 Å². The van der Waals surface area contributed by atoms with E-state index >= 15 is 0 Å². The topological polar surface area (TPSA) is 42.2 Å². The van der Waals surface area contributed by atoms with Crippen LogP contribution in [0.5, 0.6) is 0 Å². The van der Waals surface area contributed by atoms with Crippen LogP contribution in [0.25, 0.3) is 0 Å². The van der Waals surface area contributed by atoms with Crippen LogP contribution in [0.1, 0.15) is 12.8 Å². The molecule has 4 heteroatoms. The van der Waals surface area contributed by atoms with Gasteiger partial charge in [-0.05, 0) is 18.9 Å². The second-order valence-corrected chi connectivity index (χ2v) is 4.23. The molecular weight excluding hydrogens is 198 g/mol. The van der Waals surface area contributed by atoms with E-state index in [0.29, 0.717) is 17.1 Å². The lowest BCUT2D eigenvalue weighted by atomic mass is 9.86. The molecule has 0 unspecified atom stereocenters. The SMILES string of the molecule is CN(c1ccncc1Cl)C1CC(N)C1. The smallest absolute Gasteiger partial charge is 0.0822 e. The van der Waals surface area contributed by atoms with Gasteiger partial charge in [-0.15, -0.1) is 0 Å². The van der Waals surface area contributed by atoms with Gasteiger partial charge in [0.05, 0.1) is 10.7 Å². The average Bonchev–Trinajstić information content (AvgIpc) is 2.13. The minimum atomic E-state index is 0.364. The zero-order valence-corrected chi connectivity index (χ0v) is 8.91. The Hall–Kier alpha value is -0.800. The Morgan fingerprint density at radius 1 is 1.57 bits per heavy atom. The Bertz CT molecular complexity index is 323. The monoisotopic (exact) mass is 211 g/mol. The van der Waals surface area contributed by atoms with Crippen LogP contribution in [0, 0.1) is 0 Å². The Balaban J connectivity index is 2.11. The van der Waals surface area contributed by atoms with Crippen molar-refractivity contribution < 1.29 is 0 Å². The molecule has 14 heavy (non-hydrogen) atoms. The van der Waals surface area contributed by atoms with Gasteiger partial charge in [0.25, 0.3) is 0 Å². The molecule has 0 radical (unpaired) electrons. The number of anilines is 1. The van der Waals surface area contributed by atoms with E-state index in [2.05, 4.69) is 16.9 Å². The lowest BCUT2D eigenvalue weighted by Gasteiger charge is -2.40. The second kappa shape index (κ2) is 3.75. The zero-order chi connectivity index (χ0) is 10.1. The highest BCUT2D eigenvalue weighted by atomic mass is 35.5. The summed E-state index contributed by atoms with van der Waals surface area (Å²) in [6.45, 7) is 0. The molecule has 76 valence electrons. The Morgan fingerprint density at radius 3 is 2.86 bits per heavy atom. The lowest BCUT2D eigenvalue weighted by Crippen LogP contribution is -2.49. The van der Waals surface area contributed by atoms with Gasteiger partial charge in [-0.3, -0.25) is 4.98 Å². The van der Waals surface area contributed by atoms with Crippen molar-refractivity contribution in [1.82, 2.24) is 4.98 Å². The Labute approximate surface area is 88.9 Å². The largest absolute Gasteiger partial charge is 0.370 e. The number of hydrogen-bond donors (Lipinski definition) is 1. The number of rotatable bonds is 2. The maximum Gasteiger partial charge on any atom is 0.0822 e. The molecule has 0 atom stereocenters. The third-order valence-electron chi connectivity index (χ3n) is 2.83. The van der Waals surface area contributed by atoms with Crippen LogP contribution in [0.4, 0.5) is 5.69 Å². The van der Waals surface area contributed by atoms with E-state index in [9.17, 15) is 0 Å². The summed E-state index contributed by atoms with van der Waals surface area (Å²) in [5.41, 5.74) is 6.79. The van der Waals surface area contributed by atoms with Crippen molar-refractivity contribution in [1.29, 1.82) is 0 Å². The van der Waals surface area contributed by atoms with Gasteiger partial charge in [-0.1, -0.05) is 11.6 Å². The minimum Gasteiger partial charge on any atom is -0.370 e. The molecule has 0 aromatic carbocycles. The maximum absolute atomic E-state index is 6.05. The molecule has 1 aromatic rings. The van der Waals surface area contributed by atoms with Gasteiger partial charge in [-0.2, -0.15) is 0 Å². The summed E-state index contributed by atoms with van der Waals surface area (Å²) >= 11 is 6.05. The Kier molecular flexibility index (Phi) is 2.61. The van der Waals surface area contributed by atoms with E-state index in [4.69, 9.17) is 17.3 Å². The fraction of sp³-hybridized carbons (Fsp3) is 0.500. The average molecular weight is 212 g/mol. The van der Waals surface area contributed by atoms with Crippen LogP contribution in [-0.2, 0) is 0 Å². The molecule has 2 rings (SSSR count). The number of hydrogen-bond acceptors (Lipinski definition) is 3. The van der Waals surface area contributed by atoms with Crippen molar-refractivity contribution in [2.45, 2.75) is 24.9 Å². The molecule has 2 N–H and O–H groups in total. The standard InChI is InChI=1S/C10H14ClN3/c1-14(8-4-7(12)5-8)10-2-3-13-6-9(10)11/h2-3,6-8H,4-5,12H2,1H3. The number of nitrogens with two attached hydrogens (primary N) is 1. The molecule has 0 bridgehead atoms. The molecule has 0 amide bonds. The zero-order valence-electron chi connectivity index (χ0n) is 8.15. The number of nitrogens with zero attached hydrogens (tertiary/aromatic N) is 2. The van der Waals surface area contributed by atoms with Crippen LogP contribution in [-0.4, -0.2) is 24.1 Å². The lowest BCUT2D eigenvalue weighted by molar-refractivity contribution is 0.340. The predicted octanol–water partition coefficient (Wildman–Crippen LogP) is 1.66. The van der Waals surface area contributed by atoms with Crippen molar-refractivity contribution in [3.8, 4) is 0 Å². The van der Waals surface area contributed by atoms with Crippen LogP contribution < -0.4 is 10.6 Å². The first-order valence-electron chi connectivity index (χ1n) is 4.76. The summed E-state index contributed by atoms with van der Waals surface area (Å²) < 4.78 is 0. The molecule has 3 nitrogen and oxygen atoms in total. The first kappa shape index (κ1) is 9.74. The molecule has 1 aliphatic carbocycles. The maximum atomic E-state index is 6.05. The third kappa shape index (κ3) is 1.70. The van der Waals surface area contributed by atoms with Crippen molar-refractivity contribution >= 4 is 17.3 Å². The molecule has 0 spiro atoms. The normalized spacial score (nSPS) is 25.6. The van der Waals surface area contributed by atoms with Crippen LogP contribution in [0.3, 0.4) is 0 Å². The van der Waals surface area contributed by atoms with Crippen LogP contribution in [0.2, 0.25) is 5.02 Å². The van der Waals surface area contributed by atoms with Gasteiger partial charge in [0.1, 0.15) is 0 Å². The van der Waals surface area contributed by atoms with Gasteiger partial charge < -0.3 is 10.6 Å².